The topological polar surface area (TPSA) is 40.6 Å². The van der Waals surface area contributed by atoms with E-state index in [2.05, 4.69) is 36.8 Å². The molecule has 0 bridgehead atoms. The molecule has 2 aromatic rings. The van der Waals surface area contributed by atoms with E-state index in [0.29, 0.717) is 36.2 Å². The zero-order valence-electron chi connectivity index (χ0n) is 15.8. The van der Waals surface area contributed by atoms with Crippen LogP contribution in [0.5, 0.6) is 0 Å². The summed E-state index contributed by atoms with van der Waals surface area (Å²) in [6.07, 6.45) is 0. The molecule has 3 rings (SSSR count). The molecule has 0 radical (unpaired) electrons. The van der Waals surface area contributed by atoms with Crippen LogP contribution in [0.25, 0.3) is 0 Å². The van der Waals surface area contributed by atoms with Crippen molar-refractivity contribution in [2.45, 2.75) is 18.7 Å². The molecule has 9 heteroatoms. The molecule has 0 unspecified atom stereocenters. The molecule has 1 heterocycles. The highest BCUT2D eigenvalue weighted by atomic mass is 79.9. The third kappa shape index (κ3) is 5.82. The number of nitrogens with zero attached hydrogens (tertiary/aromatic N) is 2. The molecule has 154 valence electrons. The van der Waals surface area contributed by atoms with Crippen LogP contribution < -0.4 is 0 Å². The number of sulfonamides is 1. The summed E-state index contributed by atoms with van der Waals surface area (Å²) in [6.45, 7) is 5.78. The predicted octanol–water partition coefficient (Wildman–Crippen LogP) is 4.73. The molecule has 0 amide bonds. The molecule has 28 heavy (non-hydrogen) atoms. The van der Waals surface area contributed by atoms with Gasteiger partial charge in [-0.2, -0.15) is 4.31 Å². The number of likely N-dealkylation sites (N-methyl/N-ethyl adjacent to an activating group) is 1. The van der Waals surface area contributed by atoms with Gasteiger partial charge in [-0.3, -0.25) is 0 Å². The van der Waals surface area contributed by atoms with Gasteiger partial charge in [-0.15, -0.1) is 0 Å². The van der Waals surface area contributed by atoms with Crippen molar-refractivity contribution in [2.75, 3.05) is 33.2 Å². The number of rotatable bonds is 2. The summed E-state index contributed by atoms with van der Waals surface area (Å²) in [5.41, 5.74) is 1.76. The quantitative estimate of drug-likeness (QED) is 0.554. The van der Waals surface area contributed by atoms with Gasteiger partial charge >= 0.3 is 0 Å². The van der Waals surface area contributed by atoms with E-state index in [9.17, 15) is 17.2 Å². The lowest BCUT2D eigenvalue weighted by molar-refractivity contribution is 0.222. The molecule has 4 nitrogen and oxygen atoms in total. The third-order valence-electron chi connectivity index (χ3n) is 4.43. The van der Waals surface area contributed by atoms with E-state index in [1.807, 2.05) is 14.0 Å². The standard InChI is InChI=1S/C12H16BrFN2O2S.C7H6BrF/c1-9-7-12(11(14)8-10(9)13)19(17,18)16-5-3-15(2)4-6-16;1-5-2-3-6(9)4-7(5)8/h7-8H,3-6H2,1-2H3;2-4H,1H3. The molecule has 1 saturated heterocycles. The van der Waals surface area contributed by atoms with Gasteiger partial charge in [0.05, 0.1) is 0 Å². The monoisotopic (exact) mass is 538 g/mol. The SMILES string of the molecule is Cc1cc(S(=O)(=O)N2CCN(C)CC2)c(F)cc1Br.Cc1ccc(F)cc1Br. The first-order valence-electron chi connectivity index (χ1n) is 8.58. The fourth-order valence-corrected chi connectivity index (χ4v) is 4.78. The second kappa shape index (κ2) is 9.75. The van der Waals surface area contributed by atoms with E-state index in [1.54, 1.807) is 13.0 Å². The second-order valence-electron chi connectivity index (χ2n) is 6.63. The lowest BCUT2D eigenvalue weighted by Gasteiger charge is -2.31. The molecule has 0 aliphatic carbocycles. The average molecular weight is 540 g/mol. The van der Waals surface area contributed by atoms with Crippen molar-refractivity contribution in [1.82, 2.24) is 9.21 Å². The number of hydrogen-bond acceptors (Lipinski definition) is 3. The average Bonchev–Trinajstić information content (AvgIpc) is 2.62. The molecule has 1 aliphatic heterocycles. The van der Waals surface area contributed by atoms with Crippen LogP contribution in [0.2, 0.25) is 0 Å². The van der Waals surface area contributed by atoms with Gasteiger partial charge in [0.25, 0.3) is 0 Å². The van der Waals surface area contributed by atoms with Gasteiger partial charge < -0.3 is 4.90 Å². The van der Waals surface area contributed by atoms with Crippen LogP contribution in [0.1, 0.15) is 11.1 Å². The fourth-order valence-electron chi connectivity index (χ4n) is 2.56. The molecule has 0 aromatic heterocycles. The first-order chi connectivity index (χ1) is 13.0. The van der Waals surface area contributed by atoms with Crippen LogP contribution >= 0.6 is 31.9 Å². The first kappa shape index (κ1) is 23.4. The summed E-state index contributed by atoms with van der Waals surface area (Å²) in [4.78, 5) is 1.81. The van der Waals surface area contributed by atoms with E-state index < -0.39 is 15.8 Å². The minimum absolute atomic E-state index is 0.201. The Bertz CT molecular complexity index is 947. The van der Waals surface area contributed by atoms with E-state index in [1.165, 1.54) is 28.6 Å². The Morgan fingerprint density at radius 2 is 1.46 bits per heavy atom. The first-order valence-corrected chi connectivity index (χ1v) is 11.6. The van der Waals surface area contributed by atoms with Crippen LogP contribution in [0.15, 0.2) is 44.2 Å². The summed E-state index contributed by atoms with van der Waals surface area (Å²) >= 11 is 6.40. The van der Waals surface area contributed by atoms with Crippen LogP contribution in [0.3, 0.4) is 0 Å². The van der Waals surface area contributed by atoms with Crippen molar-refractivity contribution in [3.05, 3.63) is 62.0 Å². The van der Waals surface area contributed by atoms with Gasteiger partial charge in [0, 0.05) is 35.1 Å². The lowest BCUT2D eigenvalue weighted by atomic mass is 10.2. The molecule has 0 atom stereocenters. The van der Waals surface area contributed by atoms with Gasteiger partial charge in [-0.1, -0.05) is 37.9 Å². The Hall–Kier alpha value is -0.870. The Morgan fingerprint density at radius 3 is 2.00 bits per heavy atom. The molecule has 1 fully saturated rings. The number of hydrogen-bond donors (Lipinski definition) is 0. The highest BCUT2D eigenvalue weighted by Crippen LogP contribution is 2.26. The molecule has 1 aliphatic rings. The lowest BCUT2D eigenvalue weighted by Crippen LogP contribution is -2.47. The zero-order chi connectivity index (χ0) is 21.1. The molecular weight excluding hydrogens is 518 g/mol. The maximum atomic E-state index is 13.9. The van der Waals surface area contributed by atoms with Crippen molar-refractivity contribution in [3.8, 4) is 0 Å². The highest BCUT2D eigenvalue weighted by molar-refractivity contribution is 9.10. The highest BCUT2D eigenvalue weighted by Gasteiger charge is 2.30. The Morgan fingerprint density at radius 1 is 0.893 bits per heavy atom. The maximum absolute atomic E-state index is 13.9. The second-order valence-corrected chi connectivity index (χ2v) is 10.2. The van der Waals surface area contributed by atoms with Crippen molar-refractivity contribution in [1.29, 1.82) is 0 Å². The summed E-state index contributed by atoms with van der Waals surface area (Å²) in [5, 5.41) is 0. The van der Waals surface area contributed by atoms with Gasteiger partial charge in [0.2, 0.25) is 10.0 Å². The molecule has 0 spiro atoms. The smallest absolute Gasteiger partial charge is 0.246 e. The van der Waals surface area contributed by atoms with Crippen LogP contribution in [0.4, 0.5) is 8.78 Å². The van der Waals surface area contributed by atoms with Gasteiger partial charge in [-0.25, -0.2) is 17.2 Å². The van der Waals surface area contributed by atoms with Crippen LogP contribution in [0, 0.1) is 25.5 Å². The minimum atomic E-state index is -3.74. The summed E-state index contributed by atoms with van der Waals surface area (Å²) in [5.74, 6) is -0.913. The number of aryl methyl sites for hydroxylation is 2. The Labute approximate surface area is 181 Å². The Balaban J connectivity index is 0.000000261. The van der Waals surface area contributed by atoms with Crippen molar-refractivity contribution < 1.29 is 17.2 Å². The molecule has 0 saturated carbocycles. The summed E-state index contributed by atoms with van der Waals surface area (Å²) in [7, 11) is -1.81. The zero-order valence-corrected chi connectivity index (χ0v) is 19.8. The third-order valence-corrected chi connectivity index (χ3v) is 8.05. The van der Waals surface area contributed by atoms with E-state index in [-0.39, 0.29) is 10.7 Å². The van der Waals surface area contributed by atoms with Crippen molar-refractivity contribution in [2.24, 2.45) is 0 Å². The molecule has 0 N–H and O–H groups in total. The van der Waals surface area contributed by atoms with Gasteiger partial charge in [-0.05, 0) is 56.3 Å². The van der Waals surface area contributed by atoms with E-state index in [0.717, 1.165) is 10.0 Å². The van der Waals surface area contributed by atoms with Crippen LogP contribution in [-0.4, -0.2) is 50.8 Å². The Kier molecular flexibility index (Phi) is 8.16. The number of halogens is 4. The maximum Gasteiger partial charge on any atom is 0.246 e. The van der Waals surface area contributed by atoms with Crippen molar-refractivity contribution in [3.63, 3.8) is 0 Å². The minimum Gasteiger partial charge on any atom is -0.304 e. The fraction of sp³-hybridized carbons (Fsp3) is 0.368. The van der Waals surface area contributed by atoms with Crippen LogP contribution in [-0.2, 0) is 10.0 Å². The molecular formula is C19H22Br2F2N2O2S. The van der Waals surface area contributed by atoms with Gasteiger partial charge in [0.1, 0.15) is 16.5 Å². The molecule has 2 aromatic carbocycles. The van der Waals surface area contributed by atoms with Gasteiger partial charge in [0.15, 0.2) is 0 Å². The van der Waals surface area contributed by atoms with Crippen molar-refractivity contribution >= 4 is 41.9 Å². The summed E-state index contributed by atoms with van der Waals surface area (Å²) < 4.78 is 53.8. The summed E-state index contributed by atoms with van der Waals surface area (Å²) in [6, 6.07) is 7.22. The number of piperazine rings is 1. The van der Waals surface area contributed by atoms with E-state index in [4.69, 9.17) is 0 Å². The normalized spacial score (nSPS) is 15.8. The largest absolute Gasteiger partial charge is 0.304 e. The number of benzene rings is 2. The van der Waals surface area contributed by atoms with E-state index >= 15 is 0 Å². The predicted molar refractivity (Wildman–Crippen MR) is 114 cm³/mol.